The molecular weight excluding hydrogens is 423 g/mol. The monoisotopic (exact) mass is 441 g/mol. The molecule has 0 radical (unpaired) electrons. The highest BCUT2D eigenvalue weighted by atomic mass is 19.4. The highest BCUT2D eigenvalue weighted by Gasteiger charge is 2.41. The van der Waals surface area contributed by atoms with Gasteiger partial charge in [0.2, 0.25) is 5.43 Å². The van der Waals surface area contributed by atoms with Crippen LogP contribution in [0.4, 0.5) is 35.3 Å². The molecule has 32 heavy (non-hydrogen) atoms. The molecule has 0 aliphatic carbocycles. The van der Waals surface area contributed by atoms with Crippen LogP contribution in [-0.2, 0) is 6.18 Å². The Balaban J connectivity index is 1.59. The van der Waals surface area contributed by atoms with Crippen molar-refractivity contribution in [3.8, 4) is 11.3 Å². The van der Waals surface area contributed by atoms with Gasteiger partial charge in [-0.3, -0.25) is 15.0 Å². The van der Waals surface area contributed by atoms with Gasteiger partial charge in [0.1, 0.15) is 17.3 Å². The maximum absolute atomic E-state index is 13.2. The summed E-state index contributed by atoms with van der Waals surface area (Å²) in [7, 11) is 0. The van der Waals surface area contributed by atoms with Gasteiger partial charge in [-0.25, -0.2) is 9.78 Å². The first-order chi connectivity index (χ1) is 15.3. The smallest absolute Gasteiger partial charge is 0.363 e. The van der Waals surface area contributed by atoms with E-state index in [0.29, 0.717) is 31.0 Å². The highest BCUT2D eigenvalue weighted by molar-refractivity contribution is 6.04. The lowest BCUT2D eigenvalue weighted by Crippen LogP contribution is -2.49. The van der Waals surface area contributed by atoms with Crippen molar-refractivity contribution < 1.29 is 18.0 Å². The third-order valence-corrected chi connectivity index (χ3v) is 5.69. The van der Waals surface area contributed by atoms with Crippen molar-refractivity contribution in [3.63, 3.8) is 0 Å². The molecule has 0 spiro atoms. The average molecular weight is 441 g/mol. The van der Waals surface area contributed by atoms with Gasteiger partial charge in [0, 0.05) is 25.4 Å². The van der Waals surface area contributed by atoms with E-state index in [1.165, 1.54) is 23.1 Å². The van der Waals surface area contributed by atoms with Gasteiger partial charge in [0.15, 0.2) is 0 Å². The molecule has 1 atom stereocenters. The van der Waals surface area contributed by atoms with Crippen LogP contribution in [0.1, 0.15) is 12.0 Å². The molecule has 1 saturated heterocycles. The summed E-state index contributed by atoms with van der Waals surface area (Å²) in [6, 6.07) is 10.5. The molecule has 164 valence electrons. The molecule has 2 N–H and O–H groups in total. The minimum Gasteiger partial charge on any atom is -0.363 e. The molecule has 5 rings (SSSR count). The molecule has 2 aliphatic heterocycles. The van der Waals surface area contributed by atoms with E-state index < -0.39 is 17.8 Å². The van der Waals surface area contributed by atoms with E-state index in [2.05, 4.69) is 15.3 Å². The number of nitrogens with zero attached hydrogens (tertiary/aromatic N) is 3. The predicted octanol–water partition coefficient (Wildman–Crippen LogP) is 4.09. The number of aromatic nitrogens is 2. The number of rotatable bonds is 2. The van der Waals surface area contributed by atoms with Gasteiger partial charge in [-0.15, -0.1) is 0 Å². The Kier molecular flexibility index (Phi) is 4.65. The first kappa shape index (κ1) is 20.1. The topological polar surface area (TPSA) is 81.3 Å². The van der Waals surface area contributed by atoms with Crippen molar-refractivity contribution in [2.24, 2.45) is 0 Å². The zero-order valence-electron chi connectivity index (χ0n) is 16.7. The van der Waals surface area contributed by atoms with Gasteiger partial charge >= 0.3 is 12.2 Å². The highest BCUT2D eigenvalue weighted by Crippen LogP contribution is 2.38. The van der Waals surface area contributed by atoms with Crippen molar-refractivity contribution in [2.75, 3.05) is 28.2 Å². The van der Waals surface area contributed by atoms with Crippen LogP contribution < -0.4 is 20.5 Å². The number of pyridine rings is 2. The van der Waals surface area contributed by atoms with Crippen LogP contribution >= 0.6 is 0 Å². The lowest BCUT2D eigenvalue weighted by Gasteiger charge is -2.36. The molecule has 1 aromatic carbocycles. The molecule has 2 aliphatic rings. The van der Waals surface area contributed by atoms with Gasteiger partial charge < -0.3 is 9.88 Å². The van der Waals surface area contributed by atoms with Crippen molar-refractivity contribution in [1.29, 1.82) is 0 Å². The van der Waals surface area contributed by atoms with Crippen molar-refractivity contribution in [2.45, 2.75) is 18.6 Å². The Morgan fingerprint density at radius 3 is 2.75 bits per heavy atom. The van der Waals surface area contributed by atoms with Gasteiger partial charge in [-0.1, -0.05) is 18.2 Å². The number of carbonyl (C=O) groups is 1. The second-order valence-electron chi connectivity index (χ2n) is 7.73. The van der Waals surface area contributed by atoms with E-state index in [4.69, 9.17) is 0 Å². The fourth-order valence-corrected chi connectivity index (χ4v) is 4.25. The number of fused-ring (bicyclic) bond motifs is 4. The predicted molar refractivity (Wildman–Crippen MR) is 114 cm³/mol. The number of H-pyrrole nitrogens is 1. The average Bonchev–Trinajstić information content (AvgIpc) is 3.17. The molecule has 4 heterocycles. The number of hydrogen-bond acceptors (Lipinski definition) is 4. The Morgan fingerprint density at radius 1 is 1.16 bits per heavy atom. The summed E-state index contributed by atoms with van der Waals surface area (Å²) < 4.78 is 39.5. The molecule has 7 nitrogen and oxygen atoms in total. The first-order valence-corrected chi connectivity index (χ1v) is 10.0. The van der Waals surface area contributed by atoms with Crippen LogP contribution in [0.3, 0.4) is 0 Å². The zero-order valence-corrected chi connectivity index (χ0v) is 16.7. The van der Waals surface area contributed by atoms with E-state index in [0.717, 1.165) is 12.1 Å². The van der Waals surface area contributed by atoms with Gasteiger partial charge in [-0.05, 0) is 36.2 Å². The number of aromatic amines is 1. The normalized spacial score (nSPS) is 17.3. The third kappa shape index (κ3) is 3.47. The van der Waals surface area contributed by atoms with Crippen molar-refractivity contribution in [1.82, 2.24) is 9.97 Å². The Labute approximate surface area is 180 Å². The summed E-state index contributed by atoms with van der Waals surface area (Å²) in [5, 5.41) is 2.73. The summed E-state index contributed by atoms with van der Waals surface area (Å²) in [6.45, 7) is 1.12. The minimum absolute atomic E-state index is 0.182. The number of alkyl halides is 3. The third-order valence-electron chi connectivity index (χ3n) is 5.69. The second-order valence-corrected chi connectivity index (χ2v) is 7.73. The molecule has 1 fully saturated rings. The molecule has 2 aromatic heterocycles. The van der Waals surface area contributed by atoms with E-state index >= 15 is 0 Å². The molecule has 3 aromatic rings. The lowest BCUT2D eigenvalue weighted by molar-refractivity contribution is -0.137. The van der Waals surface area contributed by atoms with Crippen molar-refractivity contribution in [3.05, 3.63) is 70.5 Å². The number of hydrogen-bond donors (Lipinski definition) is 2. The number of benzene rings is 1. The summed E-state index contributed by atoms with van der Waals surface area (Å²) in [5.74, 6) is 0.628. The van der Waals surface area contributed by atoms with Crippen LogP contribution in [0.15, 0.2) is 59.5 Å². The molecule has 0 saturated carbocycles. The molecule has 2 bridgehead atoms. The standard InChI is InChI=1S/C22H18F3N5O2/c23-22(24,25)14-5-3-4-13(10-14)16-11-17(31)19-20(27-16)30(15-7-9-29(19)12-15)21(32)28-18-6-1-2-8-26-18/h1-6,8,10-11,15H,7,9,12H2,(H,27,31)(H,26,28,32). The summed E-state index contributed by atoms with van der Waals surface area (Å²) >= 11 is 0. The molecule has 1 unspecified atom stereocenters. The van der Waals surface area contributed by atoms with Crippen LogP contribution in [0.25, 0.3) is 11.3 Å². The first-order valence-electron chi connectivity index (χ1n) is 10.0. The molecular formula is C22H18F3N5O2. The number of nitrogens with one attached hydrogen (secondary N) is 2. The van der Waals surface area contributed by atoms with E-state index in [1.807, 2.05) is 4.90 Å². The SMILES string of the molecule is O=C(Nc1ccccn1)N1c2[nH]c(-c3cccc(C(F)(F)F)c3)cc(=O)c2N2CCC1C2. The summed E-state index contributed by atoms with van der Waals surface area (Å²) in [5.41, 5.74) is -0.425. The van der Waals surface area contributed by atoms with Crippen LogP contribution in [0.5, 0.6) is 0 Å². The maximum Gasteiger partial charge on any atom is 0.416 e. The number of urea groups is 1. The largest absolute Gasteiger partial charge is 0.416 e. The molecule has 2 amide bonds. The summed E-state index contributed by atoms with van der Waals surface area (Å²) in [4.78, 5) is 36.7. The molecule has 10 heteroatoms. The Morgan fingerprint density at radius 2 is 2.00 bits per heavy atom. The Hall–Kier alpha value is -3.82. The van der Waals surface area contributed by atoms with Gasteiger partial charge in [0.05, 0.1) is 17.3 Å². The number of amides is 2. The van der Waals surface area contributed by atoms with Crippen LogP contribution in [0.2, 0.25) is 0 Å². The lowest BCUT2D eigenvalue weighted by atomic mass is 10.1. The van der Waals surface area contributed by atoms with E-state index in [1.54, 1.807) is 24.4 Å². The second kappa shape index (κ2) is 7.40. The number of halogens is 3. The minimum atomic E-state index is -4.51. The number of carbonyl (C=O) groups excluding carboxylic acids is 1. The Bertz CT molecular complexity index is 1240. The van der Waals surface area contributed by atoms with Crippen LogP contribution in [0, 0.1) is 0 Å². The number of anilines is 3. The van der Waals surface area contributed by atoms with E-state index in [9.17, 15) is 22.8 Å². The van der Waals surface area contributed by atoms with Crippen molar-refractivity contribution >= 4 is 23.4 Å². The van der Waals surface area contributed by atoms with Gasteiger partial charge in [-0.2, -0.15) is 13.2 Å². The van der Waals surface area contributed by atoms with E-state index in [-0.39, 0.29) is 28.5 Å². The zero-order chi connectivity index (χ0) is 22.5. The fraction of sp³-hybridized carbons (Fsp3) is 0.227. The maximum atomic E-state index is 13.2. The fourth-order valence-electron chi connectivity index (χ4n) is 4.25. The summed E-state index contributed by atoms with van der Waals surface area (Å²) in [6.07, 6.45) is -2.30. The quantitative estimate of drug-likeness (QED) is 0.628. The van der Waals surface area contributed by atoms with Gasteiger partial charge in [0.25, 0.3) is 0 Å². The van der Waals surface area contributed by atoms with Crippen LogP contribution in [-0.4, -0.2) is 35.1 Å².